The summed E-state index contributed by atoms with van der Waals surface area (Å²) in [6.07, 6.45) is 5.36. The van der Waals surface area contributed by atoms with Gasteiger partial charge in [0.15, 0.2) is 0 Å². The molecule has 2 aromatic carbocycles. The number of nitrogens with one attached hydrogen (secondary N) is 1. The second kappa shape index (κ2) is 9.00. The van der Waals surface area contributed by atoms with Gasteiger partial charge in [-0.25, -0.2) is 0 Å². The lowest BCUT2D eigenvalue weighted by molar-refractivity contribution is 0.177. The summed E-state index contributed by atoms with van der Waals surface area (Å²) >= 11 is 0. The van der Waals surface area contributed by atoms with Crippen LogP contribution in [-0.2, 0) is 13.1 Å². The number of nitrogens with zero attached hydrogens (tertiary/aromatic N) is 1. The summed E-state index contributed by atoms with van der Waals surface area (Å²) in [5.41, 5.74) is 2.83. The largest absolute Gasteiger partial charge is 0.317 e. The van der Waals surface area contributed by atoms with E-state index >= 15 is 0 Å². The van der Waals surface area contributed by atoms with Gasteiger partial charge in [0.1, 0.15) is 0 Å². The molecule has 1 aliphatic rings. The number of rotatable bonds is 7. The standard InChI is InChI=1S/C22H30N2/c1-23-22-14-12-21(13-15-22)18-24(16-19-8-4-2-5-9-19)17-20-10-6-3-7-11-20/h2-11,21-23H,12-18H2,1H3. The minimum Gasteiger partial charge on any atom is -0.317 e. The number of hydrogen-bond donors (Lipinski definition) is 1. The monoisotopic (exact) mass is 322 g/mol. The molecule has 0 saturated heterocycles. The van der Waals surface area contributed by atoms with Crippen molar-refractivity contribution in [2.45, 2.75) is 44.8 Å². The van der Waals surface area contributed by atoms with E-state index in [1.54, 1.807) is 0 Å². The molecule has 2 heteroatoms. The molecule has 1 fully saturated rings. The van der Waals surface area contributed by atoms with Crippen molar-refractivity contribution in [1.29, 1.82) is 0 Å². The lowest BCUT2D eigenvalue weighted by Gasteiger charge is -2.33. The van der Waals surface area contributed by atoms with E-state index in [9.17, 15) is 0 Å². The first-order valence-corrected chi connectivity index (χ1v) is 9.31. The quantitative estimate of drug-likeness (QED) is 0.809. The Balaban J connectivity index is 1.63. The fraction of sp³-hybridized carbons (Fsp3) is 0.455. The molecule has 1 aliphatic carbocycles. The Kier molecular flexibility index (Phi) is 6.45. The first-order chi connectivity index (χ1) is 11.8. The highest BCUT2D eigenvalue weighted by molar-refractivity contribution is 5.17. The van der Waals surface area contributed by atoms with Crippen molar-refractivity contribution in [3.8, 4) is 0 Å². The molecule has 0 heterocycles. The molecule has 24 heavy (non-hydrogen) atoms. The summed E-state index contributed by atoms with van der Waals surface area (Å²) in [5.74, 6) is 0.835. The van der Waals surface area contributed by atoms with Gasteiger partial charge in [-0.2, -0.15) is 0 Å². The van der Waals surface area contributed by atoms with Gasteiger partial charge in [-0.15, -0.1) is 0 Å². The maximum Gasteiger partial charge on any atom is 0.0237 e. The lowest BCUT2D eigenvalue weighted by atomic mass is 9.85. The summed E-state index contributed by atoms with van der Waals surface area (Å²) in [7, 11) is 2.10. The van der Waals surface area contributed by atoms with Gasteiger partial charge in [-0.3, -0.25) is 4.90 Å². The Labute approximate surface area is 146 Å². The van der Waals surface area contributed by atoms with Crippen molar-refractivity contribution >= 4 is 0 Å². The van der Waals surface area contributed by atoms with Gasteiger partial charge in [0.05, 0.1) is 0 Å². The third-order valence-electron chi connectivity index (χ3n) is 5.27. The third kappa shape index (κ3) is 5.19. The van der Waals surface area contributed by atoms with Crippen LogP contribution in [0.25, 0.3) is 0 Å². The highest BCUT2D eigenvalue weighted by Crippen LogP contribution is 2.26. The highest BCUT2D eigenvalue weighted by atomic mass is 15.1. The van der Waals surface area contributed by atoms with Gasteiger partial charge < -0.3 is 5.32 Å². The summed E-state index contributed by atoms with van der Waals surface area (Å²) in [5, 5.41) is 3.44. The average Bonchev–Trinajstić information content (AvgIpc) is 2.64. The molecular weight excluding hydrogens is 292 g/mol. The second-order valence-corrected chi connectivity index (χ2v) is 7.15. The van der Waals surface area contributed by atoms with Gasteiger partial charge in [0.2, 0.25) is 0 Å². The van der Waals surface area contributed by atoms with Crippen LogP contribution in [0, 0.1) is 5.92 Å². The summed E-state index contributed by atoms with van der Waals surface area (Å²) in [6, 6.07) is 22.5. The Morgan fingerprint density at radius 3 is 1.75 bits per heavy atom. The molecule has 2 aromatic rings. The van der Waals surface area contributed by atoms with Crippen molar-refractivity contribution in [1.82, 2.24) is 10.2 Å². The van der Waals surface area contributed by atoms with Gasteiger partial charge in [0, 0.05) is 25.7 Å². The van der Waals surface area contributed by atoms with Crippen LogP contribution in [0.2, 0.25) is 0 Å². The predicted molar refractivity (Wildman–Crippen MR) is 102 cm³/mol. The Hall–Kier alpha value is -1.64. The van der Waals surface area contributed by atoms with Gasteiger partial charge in [-0.1, -0.05) is 60.7 Å². The molecule has 0 radical (unpaired) electrons. The molecule has 0 spiro atoms. The Bertz CT molecular complexity index is 532. The van der Waals surface area contributed by atoms with Crippen LogP contribution in [0.15, 0.2) is 60.7 Å². The molecule has 0 bridgehead atoms. The van der Waals surface area contributed by atoms with E-state index in [1.165, 1.54) is 43.4 Å². The van der Waals surface area contributed by atoms with E-state index in [-0.39, 0.29) is 0 Å². The normalized spacial score (nSPS) is 21.1. The van der Waals surface area contributed by atoms with E-state index in [4.69, 9.17) is 0 Å². The van der Waals surface area contributed by atoms with Gasteiger partial charge >= 0.3 is 0 Å². The van der Waals surface area contributed by atoms with Gasteiger partial charge in [-0.05, 0) is 49.8 Å². The van der Waals surface area contributed by atoms with Crippen LogP contribution in [0.4, 0.5) is 0 Å². The number of hydrogen-bond acceptors (Lipinski definition) is 2. The van der Waals surface area contributed by atoms with E-state index in [0.717, 1.165) is 25.0 Å². The Morgan fingerprint density at radius 2 is 1.29 bits per heavy atom. The molecule has 1 N–H and O–H groups in total. The first-order valence-electron chi connectivity index (χ1n) is 9.31. The van der Waals surface area contributed by atoms with Gasteiger partial charge in [0.25, 0.3) is 0 Å². The molecule has 0 amide bonds. The molecular formula is C22H30N2. The molecule has 2 nitrogen and oxygen atoms in total. The van der Waals surface area contributed by atoms with Crippen LogP contribution in [0.1, 0.15) is 36.8 Å². The van der Waals surface area contributed by atoms with E-state index in [1.807, 2.05) is 0 Å². The second-order valence-electron chi connectivity index (χ2n) is 7.15. The fourth-order valence-corrected chi connectivity index (χ4v) is 3.87. The zero-order valence-electron chi connectivity index (χ0n) is 14.8. The minimum atomic E-state index is 0.734. The number of benzene rings is 2. The highest BCUT2D eigenvalue weighted by Gasteiger charge is 2.22. The summed E-state index contributed by atoms with van der Waals surface area (Å²) in [6.45, 7) is 3.30. The molecule has 0 atom stereocenters. The fourth-order valence-electron chi connectivity index (χ4n) is 3.87. The SMILES string of the molecule is CNC1CCC(CN(Cc2ccccc2)Cc2ccccc2)CC1. The van der Waals surface area contributed by atoms with Crippen molar-refractivity contribution < 1.29 is 0 Å². The zero-order chi connectivity index (χ0) is 16.6. The van der Waals surface area contributed by atoms with Crippen LogP contribution < -0.4 is 5.32 Å². The lowest BCUT2D eigenvalue weighted by Crippen LogP contribution is -2.35. The van der Waals surface area contributed by atoms with Crippen LogP contribution in [0.3, 0.4) is 0 Å². The minimum absolute atomic E-state index is 0.734. The molecule has 3 rings (SSSR count). The third-order valence-corrected chi connectivity index (χ3v) is 5.27. The summed E-state index contributed by atoms with van der Waals surface area (Å²) < 4.78 is 0. The average molecular weight is 322 g/mol. The molecule has 128 valence electrons. The van der Waals surface area contributed by atoms with Crippen LogP contribution in [0.5, 0.6) is 0 Å². The molecule has 0 aliphatic heterocycles. The molecule has 1 saturated carbocycles. The topological polar surface area (TPSA) is 15.3 Å². The van der Waals surface area contributed by atoms with E-state index in [2.05, 4.69) is 77.9 Å². The maximum atomic E-state index is 3.44. The van der Waals surface area contributed by atoms with Crippen molar-refractivity contribution in [2.24, 2.45) is 5.92 Å². The van der Waals surface area contributed by atoms with Crippen molar-refractivity contribution in [2.75, 3.05) is 13.6 Å². The van der Waals surface area contributed by atoms with E-state index in [0.29, 0.717) is 0 Å². The van der Waals surface area contributed by atoms with Crippen LogP contribution >= 0.6 is 0 Å². The summed E-state index contributed by atoms with van der Waals surface area (Å²) in [4.78, 5) is 2.63. The van der Waals surface area contributed by atoms with E-state index < -0.39 is 0 Å². The van der Waals surface area contributed by atoms with Crippen molar-refractivity contribution in [3.63, 3.8) is 0 Å². The van der Waals surface area contributed by atoms with Crippen molar-refractivity contribution in [3.05, 3.63) is 71.8 Å². The van der Waals surface area contributed by atoms with Crippen LogP contribution in [-0.4, -0.2) is 24.5 Å². The maximum absolute atomic E-state index is 3.44. The molecule has 0 unspecified atom stereocenters. The molecule has 0 aromatic heterocycles. The zero-order valence-corrected chi connectivity index (χ0v) is 14.8. The first kappa shape index (κ1) is 17.2. The smallest absolute Gasteiger partial charge is 0.0237 e. The predicted octanol–water partition coefficient (Wildman–Crippen LogP) is 4.47. The Morgan fingerprint density at radius 1 is 0.792 bits per heavy atom.